The van der Waals surface area contributed by atoms with E-state index in [0.29, 0.717) is 19.8 Å². The van der Waals surface area contributed by atoms with Crippen LogP contribution in [0.15, 0.2) is 24.3 Å². The summed E-state index contributed by atoms with van der Waals surface area (Å²) in [6.45, 7) is 7.33. The zero-order chi connectivity index (χ0) is 15.3. The van der Waals surface area contributed by atoms with Crippen molar-refractivity contribution in [2.24, 2.45) is 0 Å². The molecule has 0 aromatic heterocycles. The molecule has 1 aliphatic heterocycles. The summed E-state index contributed by atoms with van der Waals surface area (Å²) >= 11 is 0. The Morgan fingerprint density at radius 2 is 1.95 bits per heavy atom. The van der Waals surface area contributed by atoms with Gasteiger partial charge in [0.2, 0.25) is 0 Å². The van der Waals surface area contributed by atoms with Crippen molar-refractivity contribution in [1.29, 1.82) is 0 Å². The second kappa shape index (κ2) is 6.91. The van der Waals surface area contributed by atoms with E-state index in [4.69, 9.17) is 9.47 Å². The third-order valence-electron chi connectivity index (χ3n) is 3.99. The highest BCUT2D eigenvalue weighted by Crippen LogP contribution is 2.33. The van der Waals surface area contributed by atoms with Gasteiger partial charge in [-0.2, -0.15) is 0 Å². The van der Waals surface area contributed by atoms with Crippen molar-refractivity contribution >= 4 is 5.97 Å². The van der Waals surface area contributed by atoms with E-state index in [1.54, 1.807) is 0 Å². The normalized spacial score (nSPS) is 19.0. The quantitative estimate of drug-likeness (QED) is 0.870. The van der Waals surface area contributed by atoms with Crippen LogP contribution in [0.4, 0.5) is 0 Å². The van der Waals surface area contributed by atoms with Crippen LogP contribution in [-0.4, -0.2) is 48.9 Å². The smallest absolute Gasteiger partial charge is 0.305 e. The third-order valence-corrected chi connectivity index (χ3v) is 3.99. The lowest BCUT2D eigenvalue weighted by atomic mass is 9.86. The van der Waals surface area contributed by atoms with Crippen molar-refractivity contribution in [2.75, 3.05) is 32.9 Å². The van der Waals surface area contributed by atoms with Gasteiger partial charge in [0.05, 0.1) is 31.8 Å². The molecule has 1 N–H and O–H groups in total. The average molecular weight is 293 g/mol. The summed E-state index contributed by atoms with van der Waals surface area (Å²) in [5.41, 5.74) is 0.468. The minimum absolute atomic E-state index is 0.0704. The van der Waals surface area contributed by atoms with Crippen LogP contribution in [0.25, 0.3) is 0 Å². The molecule has 1 aromatic carbocycles. The highest BCUT2D eigenvalue weighted by Gasteiger charge is 2.36. The number of hydrogen-bond donors (Lipinski definition) is 1. The van der Waals surface area contributed by atoms with Gasteiger partial charge in [-0.25, -0.2) is 0 Å². The molecule has 0 aliphatic carbocycles. The fraction of sp³-hybridized carbons (Fsp3) is 0.562. The molecule has 116 valence electrons. The lowest BCUT2D eigenvalue weighted by Crippen LogP contribution is -2.50. The molecule has 2 rings (SSSR count). The van der Waals surface area contributed by atoms with E-state index >= 15 is 0 Å². The predicted octanol–water partition coefficient (Wildman–Crippen LogP) is 2.11. The second-order valence-corrected chi connectivity index (χ2v) is 5.40. The Bertz CT molecular complexity index is 468. The largest absolute Gasteiger partial charge is 0.494 e. The number of benzene rings is 1. The van der Waals surface area contributed by atoms with Crippen LogP contribution in [0, 0.1) is 0 Å². The number of ether oxygens (including phenoxy) is 2. The number of morpholine rings is 1. The molecule has 1 aromatic rings. The van der Waals surface area contributed by atoms with Gasteiger partial charge in [0, 0.05) is 13.1 Å². The number of rotatable bonds is 6. The summed E-state index contributed by atoms with van der Waals surface area (Å²) in [7, 11) is 0. The van der Waals surface area contributed by atoms with Crippen LogP contribution in [0.2, 0.25) is 0 Å². The number of carboxylic acid groups (broad SMARTS) is 1. The monoisotopic (exact) mass is 293 g/mol. The van der Waals surface area contributed by atoms with Gasteiger partial charge in [-0.3, -0.25) is 9.69 Å². The number of nitrogens with zero attached hydrogens (tertiary/aromatic N) is 1. The van der Waals surface area contributed by atoms with Crippen molar-refractivity contribution in [1.82, 2.24) is 4.90 Å². The zero-order valence-electron chi connectivity index (χ0n) is 12.7. The molecule has 0 radical (unpaired) electrons. The molecule has 5 heteroatoms. The van der Waals surface area contributed by atoms with E-state index in [0.717, 1.165) is 24.4 Å². The molecular formula is C16H23NO4. The number of carboxylic acids is 1. The first kappa shape index (κ1) is 15.8. The van der Waals surface area contributed by atoms with Crippen LogP contribution >= 0.6 is 0 Å². The van der Waals surface area contributed by atoms with Gasteiger partial charge in [-0.05, 0) is 31.5 Å². The minimum Gasteiger partial charge on any atom is -0.494 e. The number of carbonyl (C=O) groups is 1. The Hall–Kier alpha value is -1.59. The topological polar surface area (TPSA) is 59.0 Å². The molecule has 0 spiro atoms. The maximum Gasteiger partial charge on any atom is 0.305 e. The van der Waals surface area contributed by atoms with E-state index in [1.165, 1.54) is 0 Å². The van der Waals surface area contributed by atoms with Gasteiger partial charge in [0.15, 0.2) is 0 Å². The van der Waals surface area contributed by atoms with Crippen molar-refractivity contribution in [3.8, 4) is 5.75 Å². The molecule has 0 amide bonds. The maximum absolute atomic E-state index is 11.3. The Kier molecular flexibility index (Phi) is 5.20. The molecule has 1 heterocycles. The van der Waals surface area contributed by atoms with Gasteiger partial charge in [-0.15, -0.1) is 0 Å². The SMILES string of the molecule is CCOc1ccc(C(C)(CC(=O)O)N2CCOCC2)cc1. The molecule has 1 atom stereocenters. The molecule has 0 bridgehead atoms. The summed E-state index contributed by atoms with van der Waals surface area (Å²) in [6.07, 6.45) is 0.0704. The summed E-state index contributed by atoms with van der Waals surface area (Å²) in [6, 6.07) is 7.73. The predicted molar refractivity (Wildman–Crippen MR) is 79.6 cm³/mol. The summed E-state index contributed by atoms with van der Waals surface area (Å²) in [5, 5.41) is 9.30. The summed E-state index contributed by atoms with van der Waals surface area (Å²) < 4.78 is 10.8. The van der Waals surface area contributed by atoms with Crippen LogP contribution in [0.3, 0.4) is 0 Å². The van der Waals surface area contributed by atoms with Crippen LogP contribution in [0.1, 0.15) is 25.8 Å². The van der Waals surface area contributed by atoms with E-state index in [-0.39, 0.29) is 6.42 Å². The van der Waals surface area contributed by atoms with Crippen molar-refractivity contribution in [3.05, 3.63) is 29.8 Å². The van der Waals surface area contributed by atoms with Crippen molar-refractivity contribution < 1.29 is 19.4 Å². The molecule has 5 nitrogen and oxygen atoms in total. The van der Waals surface area contributed by atoms with Crippen molar-refractivity contribution in [3.63, 3.8) is 0 Å². The molecule has 1 unspecified atom stereocenters. The minimum atomic E-state index is -0.794. The van der Waals surface area contributed by atoms with E-state index in [9.17, 15) is 9.90 Å². The van der Waals surface area contributed by atoms with E-state index in [2.05, 4.69) is 4.90 Å². The van der Waals surface area contributed by atoms with E-state index in [1.807, 2.05) is 38.1 Å². The van der Waals surface area contributed by atoms with Crippen LogP contribution in [-0.2, 0) is 15.1 Å². The van der Waals surface area contributed by atoms with Gasteiger partial charge >= 0.3 is 5.97 Å². The van der Waals surface area contributed by atoms with E-state index < -0.39 is 11.5 Å². The molecule has 1 saturated heterocycles. The zero-order valence-corrected chi connectivity index (χ0v) is 12.7. The Morgan fingerprint density at radius 1 is 1.33 bits per heavy atom. The average Bonchev–Trinajstić information content (AvgIpc) is 2.48. The first-order valence-electron chi connectivity index (χ1n) is 7.34. The van der Waals surface area contributed by atoms with Gasteiger partial charge in [0.1, 0.15) is 5.75 Å². The standard InChI is InChI=1S/C16H23NO4/c1-3-21-14-6-4-13(5-7-14)16(2,12-15(18)19)17-8-10-20-11-9-17/h4-7H,3,8-12H2,1-2H3,(H,18,19). The number of hydrogen-bond acceptors (Lipinski definition) is 4. The Labute approximate surface area is 125 Å². The first-order valence-corrected chi connectivity index (χ1v) is 7.34. The lowest BCUT2D eigenvalue weighted by Gasteiger charge is -2.43. The van der Waals surface area contributed by atoms with Gasteiger partial charge in [0.25, 0.3) is 0 Å². The third kappa shape index (κ3) is 3.74. The lowest BCUT2D eigenvalue weighted by molar-refractivity contribution is -0.141. The fourth-order valence-electron chi connectivity index (χ4n) is 2.82. The highest BCUT2D eigenvalue weighted by molar-refractivity contribution is 5.69. The summed E-state index contributed by atoms with van der Waals surface area (Å²) in [4.78, 5) is 13.5. The number of aliphatic carboxylic acids is 1. The van der Waals surface area contributed by atoms with Crippen molar-refractivity contribution in [2.45, 2.75) is 25.8 Å². The molecule has 1 fully saturated rings. The van der Waals surface area contributed by atoms with Crippen LogP contribution in [0.5, 0.6) is 5.75 Å². The molecular weight excluding hydrogens is 270 g/mol. The summed E-state index contributed by atoms with van der Waals surface area (Å²) in [5.74, 6) is 0.0128. The Morgan fingerprint density at radius 3 is 2.48 bits per heavy atom. The van der Waals surface area contributed by atoms with Crippen LogP contribution < -0.4 is 4.74 Å². The first-order chi connectivity index (χ1) is 10.1. The molecule has 21 heavy (non-hydrogen) atoms. The second-order valence-electron chi connectivity index (χ2n) is 5.40. The van der Waals surface area contributed by atoms with Gasteiger partial charge in [-0.1, -0.05) is 12.1 Å². The van der Waals surface area contributed by atoms with Gasteiger partial charge < -0.3 is 14.6 Å². The Balaban J connectivity index is 2.27. The fourth-order valence-corrected chi connectivity index (χ4v) is 2.82. The maximum atomic E-state index is 11.3. The molecule has 0 saturated carbocycles. The molecule has 1 aliphatic rings. The highest BCUT2D eigenvalue weighted by atomic mass is 16.5.